The Kier molecular flexibility index (Phi) is 7.07. The van der Waals surface area contributed by atoms with Crippen molar-refractivity contribution in [1.29, 1.82) is 0 Å². The predicted molar refractivity (Wildman–Crippen MR) is 156 cm³/mol. The fraction of sp³-hybridized carbons (Fsp3) is 0.312. The Labute approximate surface area is 229 Å². The number of carbonyl (C=O) groups excluding carboxylic acids is 2. The average molecular weight is 522 g/mol. The molecule has 1 amide bonds. The number of aromatic amines is 1. The predicted octanol–water partition coefficient (Wildman–Crippen LogP) is 4.43. The molecule has 0 bridgehead atoms. The number of anilines is 2. The second-order valence-electron chi connectivity index (χ2n) is 10.6. The van der Waals surface area contributed by atoms with Crippen LogP contribution in [0.2, 0.25) is 0 Å². The van der Waals surface area contributed by atoms with Crippen LogP contribution in [0.4, 0.5) is 11.4 Å². The second-order valence-corrected chi connectivity index (χ2v) is 10.6. The Morgan fingerprint density at radius 1 is 0.923 bits per heavy atom. The van der Waals surface area contributed by atoms with Gasteiger partial charge in [0.15, 0.2) is 5.78 Å². The molecule has 1 fully saturated rings. The number of likely N-dealkylation sites (N-methyl/N-ethyl adjacent to an activating group) is 1. The summed E-state index contributed by atoms with van der Waals surface area (Å²) < 4.78 is 0. The summed E-state index contributed by atoms with van der Waals surface area (Å²) >= 11 is 0. The van der Waals surface area contributed by atoms with Crippen molar-refractivity contribution in [3.05, 3.63) is 96.2 Å². The minimum Gasteiger partial charge on any atom is -0.380 e. The summed E-state index contributed by atoms with van der Waals surface area (Å²) in [5.41, 5.74) is 5.37. The number of hydrogen-bond acceptors (Lipinski definition) is 5. The van der Waals surface area contributed by atoms with Crippen LogP contribution >= 0.6 is 0 Å². The summed E-state index contributed by atoms with van der Waals surface area (Å²) in [6.07, 6.45) is 3.80. The van der Waals surface area contributed by atoms with Gasteiger partial charge in [0.25, 0.3) is 5.91 Å². The molecule has 4 aromatic rings. The molecule has 0 radical (unpaired) electrons. The number of carbonyl (C=O) groups is 2. The van der Waals surface area contributed by atoms with Crippen molar-refractivity contribution in [3.63, 3.8) is 0 Å². The molecule has 7 heteroatoms. The highest BCUT2D eigenvalue weighted by atomic mass is 16.2. The van der Waals surface area contributed by atoms with Gasteiger partial charge in [-0.15, -0.1) is 0 Å². The van der Waals surface area contributed by atoms with Crippen molar-refractivity contribution in [2.75, 3.05) is 50.0 Å². The minimum absolute atomic E-state index is 0.00715. The van der Waals surface area contributed by atoms with Crippen LogP contribution in [0.15, 0.2) is 85.1 Å². The van der Waals surface area contributed by atoms with Crippen LogP contribution in [0.3, 0.4) is 0 Å². The van der Waals surface area contributed by atoms with Gasteiger partial charge in [0.1, 0.15) is 0 Å². The van der Waals surface area contributed by atoms with Gasteiger partial charge in [-0.25, -0.2) is 0 Å². The summed E-state index contributed by atoms with van der Waals surface area (Å²) in [4.78, 5) is 36.7. The number of aryl methyl sites for hydroxylation is 1. The van der Waals surface area contributed by atoms with Crippen molar-refractivity contribution in [1.82, 2.24) is 14.8 Å². The first kappa shape index (κ1) is 25.2. The van der Waals surface area contributed by atoms with Gasteiger partial charge in [0.05, 0.1) is 12.6 Å². The van der Waals surface area contributed by atoms with Gasteiger partial charge in [-0.2, -0.15) is 0 Å². The molecule has 0 saturated carbocycles. The highest BCUT2D eigenvalue weighted by Crippen LogP contribution is 2.30. The number of Topliss-reactive ketones (excluding diaryl/α,β-unsaturated/α-hetero) is 1. The van der Waals surface area contributed by atoms with Crippen LogP contribution in [0.5, 0.6) is 0 Å². The van der Waals surface area contributed by atoms with E-state index in [4.69, 9.17) is 0 Å². The van der Waals surface area contributed by atoms with E-state index in [9.17, 15) is 9.59 Å². The number of ketones is 1. The molecule has 7 nitrogen and oxygen atoms in total. The van der Waals surface area contributed by atoms with Crippen LogP contribution in [0.25, 0.3) is 10.9 Å². The normalized spacial score (nSPS) is 18.3. The van der Waals surface area contributed by atoms with Crippen LogP contribution in [-0.4, -0.2) is 78.3 Å². The number of fused-ring (bicyclic) bond motifs is 2. The number of aromatic nitrogens is 1. The van der Waals surface area contributed by atoms with Crippen molar-refractivity contribution >= 4 is 34.0 Å². The van der Waals surface area contributed by atoms with Crippen LogP contribution < -0.4 is 10.2 Å². The van der Waals surface area contributed by atoms with Gasteiger partial charge in [-0.1, -0.05) is 42.5 Å². The molecule has 2 atom stereocenters. The first-order valence-corrected chi connectivity index (χ1v) is 13.8. The number of benzene rings is 3. The maximum absolute atomic E-state index is 14.0. The smallest absolute Gasteiger partial charge is 0.253 e. The Morgan fingerprint density at radius 3 is 2.51 bits per heavy atom. The first-order valence-electron chi connectivity index (χ1n) is 13.8. The third-order valence-corrected chi connectivity index (χ3v) is 8.17. The van der Waals surface area contributed by atoms with E-state index in [1.165, 1.54) is 16.6 Å². The average Bonchev–Trinajstić information content (AvgIpc) is 3.47. The molecule has 2 N–H and O–H groups in total. The second kappa shape index (κ2) is 10.9. The molecule has 3 aromatic carbocycles. The highest BCUT2D eigenvalue weighted by molar-refractivity contribution is 5.98. The fourth-order valence-electron chi connectivity index (χ4n) is 6.17. The maximum Gasteiger partial charge on any atom is 0.253 e. The molecule has 39 heavy (non-hydrogen) atoms. The lowest BCUT2D eigenvalue weighted by Crippen LogP contribution is -2.60. The zero-order chi connectivity index (χ0) is 26.8. The number of nitrogens with zero attached hydrogens (tertiary/aromatic N) is 3. The number of hydrogen-bond donors (Lipinski definition) is 2. The van der Waals surface area contributed by atoms with Crippen LogP contribution in [0.1, 0.15) is 22.3 Å². The van der Waals surface area contributed by atoms with Crippen LogP contribution in [-0.2, 0) is 11.2 Å². The monoisotopic (exact) mass is 521 g/mol. The molecular weight excluding hydrogens is 486 g/mol. The van der Waals surface area contributed by atoms with Gasteiger partial charge < -0.3 is 20.1 Å². The zero-order valence-corrected chi connectivity index (χ0v) is 22.3. The summed E-state index contributed by atoms with van der Waals surface area (Å²) in [6, 6.07) is 25.7. The zero-order valence-electron chi connectivity index (χ0n) is 22.3. The van der Waals surface area contributed by atoms with E-state index in [1.807, 2.05) is 30.5 Å². The molecule has 200 valence electrons. The van der Waals surface area contributed by atoms with E-state index in [0.717, 1.165) is 50.2 Å². The van der Waals surface area contributed by atoms with Crippen molar-refractivity contribution in [2.24, 2.45) is 0 Å². The number of para-hydroxylation sites is 1. The summed E-state index contributed by atoms with van der Waals surface area (Å²) in [6.45, 7) is 3.34. The first-order chi connectivity index (χ1) is 19.1. The van der Waals surface area contributed by atoms with Crippen molar-refractivity contribution in [3.8, 4) is 0 Å². The third-order valence-electron chi connectivity index (χ3n) is 8.17. The summed E-state index contributed by atoms with van der Waals surface area (Å²) in [5, 5.41) is 4.92. The van der Waals surface area contributed by atoms with Crippen LogP contribution in [0, 0.1) is 0 Å². The van der Waals surface area contributed by atoms with E-state index < -0.39 is 0 Å². The number of rotatable bonds is 7. The largest absolute Gasteiger partial charge is 0.380 e. The third kappa shape index (κ3) is 5.14. The molecule has 2 aliphatic heterocycles. The lowest BCUT2D eigenvalue weighted by Gasteiger charge is -2.44. The molecule has 1 aromatic heterocycles. The molecular formula is C32H35N5O2. The molecule has 3 heterocycles. The quantitative estimate of drug-likeness (QED) is 0.377. The van der Waals surface area contributed by atoms with E-state index >= 15 is 0 Å². The van der Waals surface area contributed by atoms with Crippen molar-refractivity contribution < 1.29 is 9.59 Å². The Hall–Kier alpha value is -4.10. The molecule has 0 aliphatic carbocycles. The fourth-order valence-corrected chi connectivity index (χ4v) is 6.17. The highest BCUT2D eigenvalue weighted by Gasteiger charge is 2.37. The molecule has 6 rings (SSSR count). The lowest BCUT2D eigenvalue weighted by molar-refractivity contribution is -0.125. The Bertz CT molecular complexity index is 1460. The standard InChI is InChI=1S/C32H35N5O2/c1-35(32(39)24-9-3-2-4-10-24)22-30(38)31(28-15-14-23-8-5-6-11-26(23)34-28)37-20-18-36(19-21-37)29-13-7-12-27-25(29)16-17-33-27/h2-13,16-17,28,31,33-34H,14-15,18-22H2,1H3. The molecule has 0 spiro atoms. The topological polar surface area (TPSA) is 71.7 Å². The number of amides is 1. The summed E-state index contributed by atoms with van der Waals surface area (Å²) in [7, 11) is 1.73. The maximum atomic E-state index is 14.0. The SMILES string of the molecule is CN(CC(=O)C(C1CCc2ccccc2N1)N1CCN(c2cccc3[nH]ccc23)CC1)C(=O)c1ccccc1. The summed E-state index contributed by atoms with van der Waals surface area (Å²) in [5.74, 6) is -0.0473. The molecule has 2 unspecified atom stereocenters. The van der Waals surface area contributed by atoms with Crippen molar-refractivity contribution in [2.45, 2.75) is 24.9 Å². The van der Waals surface area contributed by atoms with E-state index in [1.54, 1.807) is 24.1 Å². The van der Waals surface area contributed by atoms with Gasteiger partial charge in [0.2, 0.25) is 0 Å². The number of nitrogens with one attached hydrogen (secondary N) is 2. The van der Waals surface area contributed by atoms with Gasteiger partial charge in [-0.05, 0) is 54.8 Å². The van der Waals surface area contributed by atoms with E-state index in [-0.39, 0.29) is 30.3 Å². The van der Waals surface area contributed by atoms with E-state index in [2.05, 4.69) is 62.6 Å². The molecule has 2 aliphatic rings. The Morgan fingerprint density at radius 2 is 1.69 bits per heavy atom. The van der Waals surface area contributed by atoms with Gasteiger partial charge in [-0.3, -0.25) is 14.5 Å². The van der Waals surface area contributed by atoms with Gasteiger partial charge >= 0.3 is 0 Å². The number of piperazine rings is 1. The number of H-pyrrole nitrogens is 1. The van der Waals surface area contributed by atoms with Gasteiger partial charge in [0, 0.05) is 73.3 Å². The van der Waals surface area contributed by atoms with E-state index in [0.29, 0.717) is 5.56 Å². The minimum atomic E-state index is -0.311. The molecule has 1 saturated heterocycles. The lowest BCUT2D eigenvalue weighted by atomic mass is 9.90. The Balaban J connectivity index is 1.21.